The molecule has 0 saturated heterocycles. The maximum Gasteiger partial charge on any atom is 0.303 e. The number of aryl methyl sites for hydroxylation is 1. The number of thiazole rings is 1. The van der Waals surface area contributed by atoms with Gasteiger partial charge in [0.2, 0.25) is 0 Å². The molecule has 0 amide bonds. The number of hydrogen-bond donors (Lipinski definition) is 1. The molecule has 5 nitrogen and oxygen atoms in total. The molecule has 0 aromatic carbocycles. The van der Waals surface area contributed by atoms with Crippen molar-refractivity contribution in [3.05, 3.63) is 41.2 Å². The first-order chi connectivity index (χ1) is 9.69. The van der Waals surface area contributed by atoms with Gasteiger partial charge in [0.15, 0.2) is 5.13 Å². The summed E-state index contributed by atoms with van der Waals surface area (Å²) in [7, 11) is 0. The summed E-state index contributed by atoms with van der Waals surface area (Å²) >= 11 is 1.56. The standard InChI is InChI=1S/C14H17N3O2S/c1-2-17(9-11-5-7-15-8-6-11)14-16-12(10-20-14)3-4-13(18)19/h5-8,10H,2-4,9H2,1H3,(H,18,19). The van der Waals surface area contributed by atoms with Crippen LogP contribution in [0.2, 0.25) is 0 Å². The zero-order valence-corrected chi connectivity index (χ0v) is 12.1. The number of hydrogen-bond acceptors (Lipinski definition) is 5. The highest BCUT2D eigenvalue weighted by molar-refractivity contribution is 7.13. The number of rotatable bonds is 7. The van der Waals surface area contributed by atoms with Gasteiger partial charge in [-0.1, -0.05) is 0 Å². The van der Waals surface area contributed by atoms with Crippen molar-refractivity contribution in [3.8, 4) is 0 Å². The van der Waals surface area contributed by atoms with Crippen LogP contribution in [0.15, 0.2) is 29.9 Å². The summed E-state index contributed by atoms with van der Waals surface area (Å²) in [6.45, 7) is 3.72. The Morgan fingerprint density at radius 3 is 2.80 bits per heavy atom. The second kappa shape index (κ2) is 7.00. The van der Waals surface area contributed by atoms with Crippen molar-refractivity contribution in [2.24, 2.45) is 0 Å². The molecule has 0 aliphatic carbocycles. The number of nitrogens with zero attached hydrogens (tertiary/aromatic N) is 3. The molecule has 106 valence electrons. The molecule has 20 heavy (non-hydrogen) atoms. The predicted octanol–water partition coefficient (Wildman–Crippen LogP) is 2.58. The number of carboxylic acid groups (broad SMARTS) is 1. The minimum atomic E-state index is -0.788. The van der Waals surface area contributed by atoms with Crippen LogP contribution in [-0.4, -0.2) is 27.6 Å². The van der Waals surface area contributed by atoms with Crippen LogP contribution in [-0.2, 0) is 17.8 Å². The first-order valence-corrected chi connectivity index (χ1v) is 7.37. The minimum Gasteiger partial charge on any atom is -0.481 e. The normalized spacial score (nSPS) is 10.4. The Hall–Kier alpha value is -1.95. The van der Waals surface area contributed by atoms with Crippen molar-refractivity contribution in [1.82, 2.24) is 9.97 Å². The number of anilines is 1. The lowest BCUT2D eigenvalue weighted by molar-refractivity contribution is -0.136. The first kappa shape index (κ1) is 14.5. The monoisotopic (exact) mass is 291 g/mol. The van der Waals surface area contributed by atoms with E-state index in [0.29, 0.717) is 6.42 Å². The molecule has 0 atom stereocenters. The molecule has 2 aromatic rings. The molecule has 0 unspecified atom stereocenters. The number of aliphatic carboxylic acids is 1. The maximum atomic E-state index is 10.6. The van der Waals surface area contributed by atoms with Crippen LogP contribution in [0.25, 0.3) is 0 Å². The van der Waals surface area contributed by atoms with Gasteiger partial charge >= 0.3 is 5.97 Å². The van der Waals surface area contributed by atoms with Gasteiger partial charge in [-0.15, -0.1) is 11.3 Å². The molecule has 0 radical (unpaired) electrons. The summed E-state index contributed by atoms with van der Waals surface area (Å²) in [6, 6.07) is 3.98. The van der Waals surface area contributed by atoms with E-state index in [4.69, 9.17) is 5.11 Å². The summed E-state index contributed by atoms with van der Waals surface area (Å²) in [6.07, 6.45) is 4.17. The minimum absolute atomic E-state index is 0.125. The third-order valence-electron chi connectivity index (χ3n) is 2.91. The van der Waals surface area contributed by atoms with Crippen molar-refractivity contribution in [1.29, 1.82) is 0 Å². The average molecular weight is 291 g/mol. The SMILES string of the molecule is CCN(Cc1ccncc1)c1nc(CCC(=O)O)cs1. The fourth-order valence-electron chi connectivity index (χ4n) is 1.81. The third kappa shape index (κ3) is 4.03. The van der Waals surface area contributed by atoms with Crippen molar-refractivity contribution >= 4 is 22.4 Å². The van der Waals surface area contributed by atoms with Gasteiger partial charge in [0.25, 0.3) is 0 Å². The number of carboxylic acids is 1. The van der Waals surface area contributed by atoms with Crippen molar-refractivity contribution in [3.63, 3.8) is 0 Å². The van der Waals surface area contributed by atoms with E-state index in [1.54, 1.807) is 23.7 Å². The van der Waals surface area contributed by atoms with Gasteiger partial charge in [-0.2, -0.15) is 0 Å². The van der Waals surface area contributed by atoms with Gasteiger partial charge < -0.3 is 10.0 Å². The lowest BCUT2D eigenvalue weighted by Gasteiger charge is -2.19. The van der Waals surface area contributed by atoms with E-state index in [-0.39, 0.29) is 6.42 Å². The molecule has 2 aromatic heterocycles. The molecule has 2 rings (SSSR count). The lowest BCUT2D eigenvalue weighted by atomic mass is 10.2. The van der Waals surface area contributed by atoms with Crippen LogP contribution >= 0.6 is 11.3 Å². The topological polar surface area (TPSA) is 66.3 Å². The Morgan fingerprint density at radius 2 is 2.15 bits per heavy atom. The molecule has 6 heteroatoms. The maximum absolute atomic E-state index is 10.6. The Morgan fingerprint density at radius 1 is 1.40 bits per heavy atom. The Balaban J connectivity index is 2.02. The zero-order chi connectivity index (χ0) is 14.4. The molecule has 0 spiro atoms. The molecule has 1 N–H and O–H groups in total. The number of carbonyl (C=O) groups is 1. The Bertz CT molecular complexity index is 557. The van der Waals surface area contributed by atoms with Gasteiger partial charge in [0.05, 0.1) is 12.1 Å². The lowest BCUT2D eigenvalue weighted by Crippen LogP contribution is -2.21. The summed E-state index contributed by atoms with van der Waals surface area (Å²) in [5.74, 6) is -0.788. The highest BCUT2D eigenvalue weighted by Crippen LogP contribution is 2.22. The van der Waals surface area contributed by atoms with Gasteiger partial charge in [0, 0.05) is 37.3 Å². The van der Waals surface area contributed by atoms with Crippen LogP contribution in [0.5, 0.6) is 0 Å². The summed E-state index contributed by atoms with van der Waals surface area (Å²) in [5, 5.41) is 11.6. The van der Waals surface area contributed by atoms with Crippen LogP contribution < -0.4 is 4.90 Å². The molecule has 0 aliphatic rings. The van der Waals surface area contributed by atoms with Crippen molar-refractivity contribution in [2.75, 3.05) is 11.4 Å². The van der Waals surface area contributed by atoms with Crippen molar-refractivity contribution in [2.45, 2.75) is 26.3 Å². The second-order valence-electron chi connectivity index (χ2n) is 4.38. The van der Waals surface area contributed by atoms with Crippen LogP contribution in [0.3, 0.4) is 0 Å². The van der Waals surface area contributed by atoms with Crippen molar-refractivity contribution < 1.29 is 9.90 Å². The predicted molar refractivity (Wildman–Crippen MR) is 79.0 cm³/mol. The Kier molecular flexibility index (Phi) is 5.06. The molecular weight excluding hydrogens is 274 g/mol. The molecule has 0 fully saturated rings. The van der Waals surface area contributed by atoms with Crippen LogP contribution in [0, 0.1) is 0 Å². The van der Waals surface area contributed by atoms with Gasteiger partial charge in [-0.3, -0.25) is 9.78 Å². The van der Waals surface area contributed by atoms with E-state index >= 15 is 0 Å². The van der Waals surface area contributed by atoms with E-state index in [1.165, 1.54) is 5.56 Å². The fourth-order valence-corrected chi connectivity index (χ4v) is 2.74. The fraction of sp³-hybridized carbons (Fsp3) is 0.357. The van der Waals surface area contributed by atoms with E-state index in [1.807, 2.05) is 17.5 Å². The smallest absolute Gasteiger partial charge is 0.303 e. The summed E-state index contributed by atoms with van der Waals surface area (Å²) < 4.78 is 0. The zero-order valence-electron chi connectivity index (χ0n) is 11.3. The average Bonchev–Trinajstić information content (AvgIpc) is 2.92. The molecule has 0 aliphatic heterocycles. The first-order valence-electron chi connectivity index (χ1n) is 6.49. The number of aromatic nitrogens is 2. The quantitative estimate of drug-likeness (QED) is 0.849. The van der Waals surface area contributed by atoms with Gasteiger partial charge in [-0.25, -0.2) is 4.98 Å². The molecule has 0 saturated carbocycles. The summed E-state index contributed by atoms with van der Waals surface area (Å²) in [5.41, 5.74) is 2.03. The largest absolute Gasteiger partial charge is 0.481 e. The van der Waals surface area contributed by atoms with E-state index in [9.17, 15) is 4.79 Å². The highest BCUT2D eigenvalue weighted by Gasteiger charge is 2.11. The van der Waals surface area contributed by atoms with E-state index in [0.717, 1.165) is 23.9 Å². The van der Waals surface area contributed by atoms with Crippen LogP contribution in [0.1, 0.15) is 24.6 Å². The molecular formula is C14H17N3O2S. The van der Waals surface area contributed by atoms with E-state index < -0.39 is 5.97 Å². The molecule has 2 heterocycles. The third-order valence-corrected chi connectivity index (χ3v) is 3.86. The highest BCUT2D eigenvalue weighted by atomic mass is 32.1. The molecule has 0 bridgehead atoms. The van der Waals surface area contributed by atoms with Gasteiger partial charge in [0.1, 0.15) is 0 Å². The summed E-state index contributed by atoms with van der Waals surface area (Å²) in [4.78, 5) is 21.3. The van der Waals surface area contributed by atoms with E-state index in [2.05, 4.69) is 21.8 Å². The second-order valence-corrected chi connectivity index (χ2v) is 5.22. The Labute approximate surface area is 121 Å². The number of pyridine rings is 1. The van der Waals surface area contributed by atoms with Crippen LogP contribution in [0.4, 0.5) is 5.13 Å². The van der Waals surface area contributed by atoms with Gasteiger partial charge in [-0.05, 0) is 24.6 Å².